The van der Waals surface area contributed by atoms with Crippen molar-refractivity contribution in [1.82, 2.24) is 10.4 Å². The van der Waals surface area contributed by atoms with Crippen molar-refractivity contribution in [3.63, 3.8) is 0 Å². The number of carbonyl (C=O) groups is 2. The fourth-order valence-corrected chi connectivity index (χ4v) is 0.832. The van der Waals surface area contributed by atoms with E-state index in [4.69, 9.17) is 0 Å². The van der Waals surface area contributed by atoms with Gasteiger partial charge in [-0.05, 0) is 5.92 Å². The van der Waals surface area contributed by atoms with E-state index in [2.05, 4.69) is 15.1 Å². The molecule has 0 aromatic heterocycles. The first-order valence-corrected chi connectivity index (χ1v) is 4.39. The predicted molar refractivity (Wildman–Crippen MR) is 49.9 cm³/mol. The number of hydrogen-bond acceptors (Lipinski definition) is 3. The molecule has 1 heterocycles. The first-order valence-electron chi connectivity index (χ1n) is 4.39. The van der Waals surface area contributed by atoms with Crippen LogP contribution in [0.25, 0.3) is 0 Å². The highest BCUT2D eigenvalue weighted by Crippen LogP contribution is 2.00. The topological polar surface area (TPSA) is 71.0 Å². The van der Waals surface area contributed by atoms with Crippen LogP contribution in [0.15, 0.2) is 4.99 Å². The SMILES string of the molecule is CC(C)CNC(=O)ON1CC=NC1=O. The summed E-state index contributed by atoms with van der Waals surface area (Å²) in [6.45, 7) is 4.66. The number of nitrogens with one attached hydrogen (secondary N) is 1. The second-order valence-corrected chi connectivity index (χ2v) is 3.31. The lowest BCUT2D eigenvalue weighted by Gasteiger charge is -2.14. The number of amides is 3. The molecule has 0 radical (unpaired) electrons. The Morgan fingerprint density at radius 3 is 3.00 bits per heavy atom. The standard InChI is InChI=1S/C8H13N3O3/c1-6(2)5-10-8(13)14-11-4-3-9-7(11)12/h3,6H,4-5H2,1-2H3,(H,10,13). The van der Waals surface area contributed by atoms with E-state index in [-0.39, 0.29) is 6.54 Å². The molecule has 0 unspecified atom stereocenters. The molecule has 0 aliphatic carbocycles. The fraction of sp³-hybridized carbons (Fsp3) is 0.625. The minimum absolute atomic E-state index is 0.216. The van der Waals surface area contributed by atoms with E-state index >= 15 is 0 Å². The Labute approximate surface area is 81.9 Å². The van der Waals surface area contributed by atoms with Gasteiger partial charge in [0.25, 0.3) is 0 Å². The minimum atomic E-state index is -0.627. The Hall–Kier alpha value is -1.59. The van der Waals surface area contributed by atoms with Gasteiger partial charge in [-0.25, -0.2) is 14.6 Å². The van der Waals surface area contributed by atoms with Crippen molar-refractivity contribution < 1.29 is 14.4 Å². The highest BCUT2D eigenvalue weighted by Gasteiger charge is 2.20. The van der Waals surface area contributed by atoms with Gasteiger partial charge in [-0.1, -0.05) is 13.8 Å². The summed E-state index contributed by atoms with van der Waals surface area (Å²) >= 11 is 0. The van der Waals surface area contributed by atoms with Gasteiger partial charge in [0.2, 0.25) is 0 Å². The molecule has 0 bridgehead atoms. The molecule has 0 saturated carbocycles. The number of hydroxylamine groups is 2. The summed E-state index contributed by atoms with van der Waals surface area (Å²) in [5, 5.41) is 3.42. The van der Waals surface area contributed by atoms with Gasteiger partial charge in [-0.2, -0.15) is 0 Å². The molecule has 6 nitrogen and oxygen atoms in total. The molecule has 0 spiro atoms. The number of urea groups is 1. The number of rotatable bonds is 3. The van der Waals surface area contributed by atoms with Gasteiger partial charge in [0, 0.05) is 12.8 Å². The van der Waals surface area contributed by atoms with Crippen molar-refractivity contribution in [1.29, 1.82) is 0 Å². The van der Waals surface area contributed by atoms with E-state index in [0.717, 1.165) is 5.06 Å². The summed E-state index contributed by atoms with van der Waals surface area (Å²) in [6.07, 6.45) is 0.760. The van der Waals surface area contributed by atoms with Gasteiger partial charge in [0.05, 0.1) is 6.54 Å². The molecule has 0 fully saturated rings. The van der Waals surface area contributed by atoms with Crippen molar-refractivity contribution in [2.24, 2.45) is 10.9 Å². The van der Waals surface area contributed by atoms with Crippen LogP contribution in [0.2, 0.25) is 0 Å². The third-order valence-electron chi connectivity index (χ3n) is 1.51. The molecule has 1 rings (SSSR count). The third-order valence-corrected chi connectivity index (χ3v) is 1.51. The lowest BCUT2D eigenvalue weighted by molar-refractivity contribution is -0.0389. The lowest BCUT2D eigenvalue weighted by Crippen LogP contribution is -2.36. The number of aliphatic imine (C=N–C) groups is 1. The van der Waals surface area contributed by atoms with E-state index in [0.29, 0.717) is 12.5 Å². The van der Waals surface area contributed by atoms with Crippen LogP contribution in [0.3, 0.4) is 0 Å². The number of hydrogen-bond donors (Lipinski definition) is 1. The highest BCUT2D eigenvalue weighted by molar-refractivity contribution is 5.90. The van der Waals surface area contributed by atoms with Gasteiger partial charge in [-0.15, -0.1) is 5.06 Å². The maximum absolute atomic E-state index is 11.1. The summed E-state index contributed by atoms with van der Waals surface area (Å²) in [5.74, 6) is 0.341. The van der Waals surface area contributed by atoms with Crippen LogP contribution < -0.4 is 5.32 Å². The third kappa shape index (κ3) is 3.04. The summed E-state index contributed by atoms with van der Waals surface area (Å²) in [5.41, 5.74) is 0. The van der Waals surface area contributed by atoms with Crippen molar-refractivity contribution in [3.8, 4) is 0 Å². The van der Waals surface area contributed by atoms with Crippen LogP contribution >= 0.6 is 0 Å². The van der Waals surface area contributed by atoms with E-state index in [1.807, 2.05) is 13.8 Å². The minimum Gasteiger partial charge on any atom is -0.319 e. The molecule has 78 valence electrons. The fourth-order valence-electron chi connectivity index (χ4n) is 0.832. The van der Waals surface area contributed by atoms with E-state index in [1.165, 1.54) is 6.21 Å². The summed E-state index contributed by atoms with van der Waals surface area (Å²) in [6, 6.07) is -0.551. The Morgan fingerprint density at radius 1 is 1.79 bits per heavy atom. The highest BCUT2D eigenvalue weighted by atomic mass is 16.7. The average molecular weight is 199 g/mol. The van der Waals surface area contributed by atoms with Crippen molar-refractivity contribution in [2.75, 3.05) is 13.1 Å². The average Bonchev–Trinajstić information content (AvgIpc) is 2.49. The maximum atomic E-state index is 11.1. The van der Waals surface area contributed by atoms with Gasteiger partial charge >= 0.3 is 12.1 Å². The first-order chi connectivity index (χ1) is 6.59. The zero-order chi connectivity index (χ0) is 10.6. The molecule has 0 aromatic carbocycles. The molecule has 1 N–H and O–H groups in total. The summed E-state index contributed by atoms with van der Waals surface area (Å²) in [4.78, 5) is 30.0. The molecule has 1 aliphatic rings. The molecule has 0 aromatic rings. The second kappa shape index (κ2) is 4.59. The monoisotopic (exact) mass is 199 g/mol. The van der Waals surface area contributed by atoms with E-state index in [9.17, 15) is 9.59 Å². The first kappa shape index (κ1) is 10.5. The van der Waals surface area contributed by atoms with Crippen LogP contribution in [-0.2, 0) is 4.84 Å². The predicted octanol–water partition coefficient (Wildman–Crippen LogP) is 0.790. The molecule has 6 heteroatoms. The molecule has 1 aliphatic heterocycles. The van der Waals surface area contributed by atoms with Crippen LogP contribution in [-0.4, -0.2) is 36.5 Å². The van der Waals surface area contributed by atoms with Gasteiger partial charge < -0.3 is 10.2 Å². The van der Waals surface area contributed by atoms with Crippen molar-refractivity contribution in [2.45, 2.75) is 13.8 Å². The quantitative estimate of drug-likeness (QED) is 0.730. The largest absolute Gasteiger partial charge is 0.431 e. The number of nitrogens with zero attached hydrogens (tertiary/aromatic N) is 2. The molecule has 0 saturated heterocycles. The number of carbonyl (C=O) groups excluding carboxylic acids is 2. The Morgan fingerprint density at radius 2 is 2.50 bits per heavy atom. The normalized spacial score (nSPS) is 15.1. The second-order valence-electron chi connectivity index (χ2n) is 3.31. The smallest absolute Gasteiger partial charge is 0.319 e. The van der Waals surface area contributed by atoms with Crippen LogP contribution in [0.5, 0.6) is 0 Å². The van der Waals surface area contributed by atoms with Crippen molar-refractivity contribution in [3.05, 3.63) is 0 Å². The lowest BCUT2D eigenvalue weighted by atomic mass is 10.2. The van der Waals surface area contributed by atoms with E-state index in [1.54, 1.807) is 0 Å². The maximum Gasteiger partial charge on any atom is 0.431 e. The zero-order valence-corrected chi connectivity index (χ0v) is 8.19. The van der Waals surface area contributed by atoms with E-state index < -0.39 is 12.1 Å². The molecule has 0 atom stereocenters. The molecular weight excluding hydrogens is 186 g/mol. The Balaban J connectivity index is 2.24. The van der Waals surface area contributed by atoms with Crippen LogP contribution in [0.1, 0.15) is 13.8 Å². The Bertz CT molecular complexity index is 263. The van der Waals surface area contributed by atoms with Gasteiger partial charge in [0.15, 0.2) is 0 Å². The van der Waals surface area contributed by atoms with Gasteiger partial charge in [-0.3, -0.25) is 0 Å². The summed E-state index contributed by atoms with van der Waals surface area (Å²) in [7, 11) is 0. The van der Waals surface area contributed by atoms with Gasteiger partial charge in [0.1, 0.15) is 0 Å². The Kier molecular flexibility index (Phi) is 3.44. The van der Waals surface area contributed by atoms with Crippen LogP contribution in [0.4, 0.5) is 9.59 Å². The molecule has 14 heavy (non-hydrogen) atoms. The summed E-state index contributed by atoms with van der Waals surface area (Å²) < 4.78 is 0. The zero-order valence-electron chi connectivity index (χ0n) is 8.19. The van der Waals surface area contributed by atoms with Crippen LogP contribution in [0, 0.1) is 5.92 Å². The molecule has 3 amide bonds. The van der Waals surface area contributed by atoms with Crippen molar-refractivity contribution >= 4 is 18.3 Å². The molecular formula is C8H13N3O3.